The number of carbonyl (C=O) groups is 1. The molecule has 0 radical (unpaired) electrons. The molecule has 0 aliphatic rings. The maximum absolute atomic E-state index is 12.9. The molecular weight excluding hydrogens is 374 g/mol. The summed E-state index contributed by atoms with van der Waals surface area (Å²) in [6.07, 6.45) is 5.78. The van der Waals surface area contributed by atoms with E-state index < -0.39 is 0 Å². The average molecular weight is 395 g/mol. The molecule has 0 spiro atoms. The Morgan fingerprint density at radius 3 is 2.40 bits per heavy atom. The summed E-state index contributed by atoms with van der Waals surface area (Å²) >= 11 is 0. The summed E-state index contributed by atoms with van der Waals surface area (Å²) in [5, 5.41) is 6.21. The maximum atomic E-state index is 12.9. The predicted molar refractivity (Wildman–Crippen MR) is 118 cm³/mol. The van der Waals surface area contributed by atoms with Crippen molar-refractivity contribution in [2.45, 2.75) is 6.42 Å². The molecule has 4 aromatic rings. The monoisotopic (exact) mass is 395 g/mol. The van der Waals surface area contributed by atoms with Gasteiger partial charge in [0.2, 0.25) is 0 Å². The molecule has 0 aliphatic carbocycles. The van der Waals surface area contributed by atoms with E-state index in [0.717, 1.165) is 23.4 Å². The van der Waals surface area contributed by atoms with Gasteiger partial charge in [0, 0.05) is 48.5 Å². The van der Waals surface area contributed by atoms with Crippen LogP contribution in [0.2, 0.25) is 0 Å². The first-order chi connectivity index (χ1) is 14.8. The van der Waals surface area contributed by atoms with Crippen LogP contribution >= 0.6 is 0 Å². The quantitative estimate of drug-likeness (QED) is 0.483. The normalized spacial score (nSPS) is 10.4. The molecule has 3 aromatic heterocycles. The molecule has 2 N–H and O–H groups in total. The van der Waals surface area contributed by atoms with Crippen molar-refractivity contribution in [3.63, 3.8) is 0 Å². The first kappa shape index (κ1) is 19.3. The molecule has 0 fully saturated rings. The minimum Gasteiger partial charge on any atom is -0.369 e. The first-order valence-electron chi connectivity index (χ1n) is 9.71. The molecule has 0 atom stereocenters. The molecule has 0 aliphatic heterocycles. The van der Waals surface area contributed by atoms with Crippen molar-refractivity contribution in [2.75, 3.05) is 17.2 Å². The smallest absolute Gasteiger partial charge is 0.259 e. The van der Waals surface area contributed by atoms with E-state index in [-0.39, 0.29) is 5.91 Å². The number of amides is 1. The highest BCUT2D eigenvalue weighted by atomic mass is 16.1. The van der Waals surface area contributed by atoms with E-state index in [1.807, 2.05) is 54.6 Å². The third-order valence-electron chi connectivity index (χ3n) is 4.55. The van der Waals surface area contributed by atoms with Crippen LogP contribution in [0.1, 0.15) is 16.1 Å². The number of nitrogens with one attached hydrogen (secondary N) is 2. The Bertz CT molecular complexity index is 1100. The van der Waals surface area contributed by atoms with Gasteiger partial charge in [-0.3, -0.25) is 14.8 Å². The lowest BCUT2D eigenvalue weighted by Gasteiger charge is -2.13. The first-order valence-corrected chi connectivity index (χ1v) is 9.71. The lowest BCUT2D eigenvalue weighted by molar-refractivity contribution is 0.102. The lowest BCUT2D eigenvalue weighted by atomic mass is 10.1. The average Bonchev–Trinajstić information content (AvgIpc) is 2.81. The topological polar surface area (TPSA) is 79.8 Å². The second-order valence-corrected chi connectivity index (χ2v) is 6.65. The summed E-state index contributed by atoms with van der Waals surface area (Å²) in [5.74, 6) is 0.312. The minimum absolute atomic E-state index is 0.228. The largest absolute Gasteiger partial charge is 0.369 e. The summed E-state index contributed by atoms with van der Waals surface area (Å²) < 4.78 is 0. The Kier molecular flexibility index (Phi) is 6.05. The van der Waals surface area contributed by atoms with Crippen molar-refractivity contribution in [3.05, 3.63) is 103 Å². The van der Waals surface area contributed by atoms with Crippen LogP contribution in [0.15, 0.2) is 91.4 Å². The number of anilines is 2. The van der Waals surface area contributed by atoms with Crippen molar-refractivity contribution in [2.24, 2.45) is 0 Å². The third kappa shape index (κ3) is 4.86. The van der Waals surface area contributed by atoms with E-state index in [0.29, 0.717) is 23.6 Å². The van der Waals surface area contributed by atoms with Gasteiger partial charge < -0.3 is 10.6 Å². The van der Waals surface area contributed by atoms with Gasteiger partial charge in [-0.1, -0.05) is 36.4 Å². The van der Waals surface area contributed by atoms with Crippen molar-refractivity contribution in [1.29, 1.82) is 0 Å². The number of aromatic nitrogens is 3. The Hall–Kier alpha value is -4.06. The van der Waals surface area contributed by atoms with Gasteiger partial charge in [-0.25, -0.2) is 4.98 Å². The Labute approximate surface area is 175 Å². The predicted octanol–water partition coefficient (Wildman–Crippen LogP) is 4.45. The van der Waals surface area contributed by atoms with Gasteiger partial charge in [0.15, 0.2) is 0 Å². The Balaban J connectivity index is 1.58. The summed E-state index contributed by atoms with van der Waals surface area (Å²) in [5.41, 5.74) is 3.93. The summed E-state index contributed by atoms with van der Waals surface area (Å²) in [6.45, 7) is 0.609. The number of nitrogens with zero attached hydrogens (tertiary/aromatic N) is 3. The minimum atomic E-state index is -0.228. The summed E-state index contributed by atoms with van der Waals surface area (Å²) in [7, 11) is 0. The number of rotatable bonds is 7. The van der Waals surface area contributed by atoms with E-state index in [9.17, 15) is 4.79 Å². The van der Waals surface area contributed by atoms with Gasteiger partial charge in [0.1, 0.15) is 5.82 Å². The number of carbonyl (C=O) groups excluding carboxylic acids is 1. The van der Waals surface area contributed by atoms with E-state index in [1.165, 1.54) is 0 Å². The SMILES string of the molecule is O=C(Nc1ccncc1)c1ccc(-c2ccccc2)nc1NCCc1ccccn1. The zero-order valence-electron chi connectivity index (χ0n) is 16.3. The molecule has 6 nitrogen and oxygen atoms in total. The molecule has 30 heavy (non-hydrogen) atoms. The number of pyridine rings is 3. The van der Waals surface area contributed by atoms with Crippen LogP contribution in [0.3, 0.4) is 0 Å². The molecule has 4 rings (SSSR count). The highest BCUT2D eigenvalue weighted by molar-refractivity contribution is 6.07. The second kappa shape index (κ2) is 9.43. The molecule has 6 heteroatoms. The van der Waals surface area contributed by atoms with E-state index >= 15 is 0 Å². The van der Waals surface area contributed by atoms with Crippen molar-refractivity contribution in [1.82, 2.24) is 15.0 Å². The third-order valence-corrected chi connectivity index (χ3v) is 4.55. The van der Waals surface area contributed by atoms with Crippen LogP contribution in [0.25, 0.3) is 11.3 Å². The van der Waals surface area contributed by atoms with E-state index in [4.69, 9.17) is 4.98 Å². The van der Waals surface area contributed by atoms with Crippen LogP contribution in [-0.4, -0.2) is 27.4 Å². The molecule has 1 aromatic carbocycles. The van der Waals surface area contributed by atoms with Crippen LogP contribution in [0.5, 0.6) is 0 Å². The molecule has 0 bridgehead atoms. The van der Waals surface area contributed by atoms with Gasteiger partial charge in [0.05, 0.1) is 11.3 Å². The number of hydrogen-bond donors (Lipinski definition) is 2. The Morgan fingerprint density at radius 1 is 0.833 bits per heavy atom. The molecule has 0 unspecified atom stereocenters. The maximum Gasteiger partial charge on any atom is 0.259 e. The molecule has 0 saturated carbocycles. The molecule has 0 saturated heterocycles. The molecule has 1 amide bonds. The highest BCUT2D eigenvalue weighted by Crippen LogP contribution is 2.23. The highest BCUT2D eigenvalue weighted by Gasteiger charge is 2.15. The van der Waals surface area contributed by atoms with E-state index in [1.54, 1.807) is 36.8 Å². The fourth-order valence-electron chi connectivity index (χ4n) is 3.04. The lowest BCUT2D eigenvalue weighted by Crippen LogP contribution is -2.17. The standard InChI is InChI=1S/C24H21N5O/c30-24(28-20-11-15-25-16-12-20)21-9-10-22(18-6-2-1-3-7-18)29-23(21)27-17-13-19-8-4-5-14-26-19/h1-12,14-16H,13,17H2,(H,27,29)(H,25,28,30). The second-order valence-electron chi connectivity index (χ2n) is 6.65. The zero-order chi connectivity index (χ0) is 20.6. The Morgan fingerprint density at radius 2 is 1.63 bits per heavy atom. The van der Waals surface area contributed by atoms with Gasteiger partial charge >= 0.3 is 0 Å². The van der Waals surface area contributed by atoms with Crippen molar-refractivity contribution in [3.8, 4) is 11.3 Å². The van der Waals surface area contributed by atoms with Gasteiger partial charge in [-0.05, 0) is 36.4 Å². The van der Waals surface area contributed by atoms with Crippen LogP contribution in [-0.2, 0) is 6.42 Å². The fraction of sp³-hybridized carbons (Fsp3) is 0.0833. The summed E-state index contributed by atoms with van der Waals surface area (Å²) in [4.78, 5) is 25.9. The van der Waals surface area contributed by atoms with Gasteiger partial charge in [-0.2, -0.15) is 0 Å². The molecular formula is C24H21N5O. The van der Waals surface area contributed by atoms with Crippen LogP contribution in [0.4, 0.5) is 11.5 Å². The number of hydrogen-bond acceptors (Lipinski definition) is 5. The fourth-order valence-corrected chi connectivity index (χ4v) is 3.04. The molecule has 148 valence electrons. The van der Waals surface area contributed by atoms with Gasteiger partial charge in [0.25, 0.3) is 5.91 Å². The van der Waals surface area contributed by atoms with Gasteiger partial charge in [-0.15, -0.1) is 0 Å². The van der Waals surface area contributed by atoms with Crippen molar-refractivity contribution < 1.29 is 4.79 Å². The van der Waals surface area contributed by atoms with Crippen LogP contribution < -0.4 is 10.6 Å². The van der Waals surface area contributed by atoms with Crippen LogP contribution in [0, 0.1) is 0 Å². The molecule has 3 heterocycles. The van der Waals surface area contributed by atoms with E-state index in [2.05, 4.69) is 20.6 Å². The van der Waals surface area contributed by atoms with Crippen molar-refractivity contribution >= 4 is 17.4 Å². The number of benzene rings is 1. The zero-order valence-corrected chi connectivity index (χ0v) is 16.3. The summed E-state index contributed by atoms with van der Waals surface area (Å²) in [6, 6.07) is 22.9.